The fourth-order valence-electron chi connectivity index (χ4n) is 2.03. The molecular weight excluding hydrogens is 284 g/mol. The van der Waals surface area contributed by atoms with Gasteiger partial charge in [-0.25, -0.2) is 12.7 Å². The Morgan fingerprint density at radius 3 is 2.42 bits per heavy atom. The number of thiocarbonyl (C=S) groups is 1. The number of rotatable bonds is 2. The summed E-state index contributed by atoms with van der Waals surface area (Å²) in [4.78, 5) is 12.1. The summed E-state index contributed by atoms with van der Waals surface area (Å²) in [6, 6.07) is 4.97. The van der Waals surface area contributed by atoms with E-state index in [1.54, 1.807) is 19.1 Å². The topological polar surface area (TPSA) is 80.5 Å². The van der Waals surface area contributed by atoms with Gasteiger partial charge in [-0.2, -0.15) is 0 Å². The summed E-state index contributed by atoms with van der Waals surface area (Å²) >= 11 is 4.94. The van der Waals surface area contributed by atoms with E-state index in [9.17, 15) is 13.2 Å². The summed E-state index contributed by atoms with van der Waals surface area (Å²) in [6.45, 7) is 4.54. The van der Waals surface area contributed by atoms with Gasteiger partial charge in [-0.1, -0.05) is 24.4 Å². The number of amides is 1. The minimum absolute atomic E-state index is 0.0702. The van der Waals surface area contributed by atoms with Crippen LogP contribution in [0.2, 0.25) is 0 Å². The van der Waals surface area contributed by atoms with Gasteiger partial charge in [0.15, 0.2) is 4.75 Å². The monoisotopic (exact) mass is 298 g/mol. The minimum Gasteiger partial charge on any atom is -0.389 e. The molecule has 0 unspecified atom stereocenters. The quantitative estimate of drug-likeness (QED) is 0.827. The second-order valence-electron chi connectivity index (χ2n) is 4.92. The van der Waals surface area contributed by atoms with Crippen molar-refractivity contribution >= 4 is 38.8 Å². The van der Waals surface area contributed by atoms with Crippen LogP contribution in [0.5, 0.6) is 0 Å². The predicted octanol–water partition coefficient (Wildman–Crippen LogP) is 1.08. The Morgan fingerprint density at radius 1 is 1.37 bits per heavy atom. The highest BCUT2D eigenvalue weighted by atomic mass is 32.2. The van der Waals surface area contributed by atoms with Gasteiger partial charge in [-0.15, -0.1) is 0 Å². The molecule has 19 heavy (non-hydrogen) atoms. The van der Waals surface area contributed by atoms with Crippen LogP contribution in [0.4, 0.5) is 5.69 Å². The highest BCUT2D eigenvalue weighted by Crippen LogP contribution is 2.40. The fraction of sp³-hybridized carbons (Fsp3) is 0.333. The summed E-state index contributed by atoms with van der Waals surface area (Å²) in [6.07, 6.45) is 0. The summed E-state index contributed by atoms with van der Waals surface area (Å²) in [5.74, 6) is -0.476. The maximum Gasteiger partial charge on any atom is 0.263 e. The van der Waals surface area contributed by atoms with Crippen LogP contribution in [0, 0.1) is 6.92 Å². The van der Waals surface area contributed by atoms with Gasteiger partial charge in [0.05, 0.1) is 5.69 Å². The first kappa shape index (κ1) is 14.0. The molecule has 2 N–H and O–H groups in total. The van der Waals surface area contributed by atoms with Gasteiger partial charge in [0, 0.05) is 5.56 Å². The van der Waals surface area contributed by atoms with E-state index >= 15 is 0 Å². The molecule has 0 saturated carbocycles. The van der Waals surface area contributed by atoms with E-state index in [0.29, 0.717) is 5.56 Å². The van der Waals surface area contributed by atoms with Crippen molar-refractivity contribution in [1.82, 2.24) is 0 Å². The molecule has 0 spiro atoms. The van der Waals surface area contributed by atoms with E-state index in [0.717, 1.165) is 9.87 Å². The summed E-state index contributed by atoms with van der Waals surface area (Å²) in [5.41, 5.74) is 7.02. The number of nitrogens with zero attached hydrogens (tertiary/aromatic N) is 1. The lowest BCUT2D eigenvalue weighted by Crippen LogP contribution is -2.68. The lowest BCUT2D eigenvalue weighted by Gasteiger charge is -2.43. The van der Waals surface area contributed by atoms with Crippen LogP contribution in [0.15, 0.2) is 18.2 Å². The zero-order valence-electron chi connectivity index (χ0n) is 10.8. The molecule has 1 fully saturated rings. The molecule has 1 amide bonds. The van der Waals surface area contributed by atoms with E-state index in [2.05, 4.69) is 0 Å². The third-order valence-electron chi connectivity index (χ3n) is 3.30. The van der Waals surface area contributed by atoms with E-state index in [4.69, 9.17) is 18.0 Å². The van der Waals surface area contributed by atoms with Gasteiger partial charge in [0.1, 0.15) is 4.99 Å². The van der Waals surface area contributed by atoms with Crippen LogP contribution in [-0.2, 0) is 14.8 Å². The molecule has 1 saturated heterocycles. The van der Waals surface area contributed by atoms with Crippen molar-refractivity contribution in [2.45, 2.75) is 25.5 Å². The zero-order chi connectivity index (χ0) is 14.6. The molecule has 1 heterocycles. The Labute approximate surface area is 117 Å². The minimum atomic E-state index is -3.71. The number of anilines is 1. The number of sulfonamides is 1. The first-order valence-corrected chi connectivity index (χ1v) is 7.46. The Hall–Kier alpha value is -1.47. The molecule has 1 aliphatic rings. The molecule has 1 aromatic rings. The standard InChI is InChI=1S/C12H14N2O3S2/c1-7-5-4-6-8(9(7)10(13)18)14-11(15)12(2,3)19(14,16)17/h4-6H,1-3H3,(H2,13,18). The number of nitrogens with two attached hydrogens (primary N) is 1. The predicted molar refractivity (Wildman–Crippen MR) is 77.6 cm³/mol. The summed E-state index contributed by atoms with van der Waals surface area (Å²) in [5, 5.41) is 0. The molecular formula is C12H14N2O3S2. The maximum absolute atomic E-state index is 12.2. The van der Waals surface area contributed by atoms with E-state index < -0.39 is 20.7 Å². The SMILES string of the molecule is Cc1cccc(N2C(=O)C(C)(C)S2(=O)=O)c1C(N)=S. The second-order valence-corrected chi connectivity index (χ2v) is 7.69. The molecule has 0 bridgehead atoms. The molecule has 0 atom stereocenters. The van der Waals surface area contributed by atoms with Crippen molar-refractivity contribution < 1.29 is 13.2 Å². The Morgan fingerprint density at radius 2 is 1.95 bits per heavy atom. The molecule has 2 rings (SSSR count). The number of hydrogen-bond acceptors (Lipinski definition) is 4. The summed E-state index contributed by atoms with van der Waals surface area (Å²) in [7, 11) is -3.71. The van der Waals surface area contributed by atoms with Gasteiger partial charge in [-0.3, -0.25) is 4.79 Å². The first-order valence-electron chi connectivity index (χ1n) is 5.61. The highest BCUT2D eigenvalue weighted by molar-refractivity contribution is 7.98. The number of benzene rings is 1. The maximum atomic E-state index is 12.2. The Kier molecular flexibility index (Phi) is 2.94. The van der Waals surface area contributed by atoms with Crippen LogP contribution in [0.25, 0.3) is 0 Å². The Balaban J connectivity index is 2.67. The normalized spacial score (nSPS) is 19.9. The van der Waals surface area contributed by atoms with Crippen LogP contribution in [-0.4, -0.2) is 24.1 Å². The third kappa shape index (κ3) is 1.68. The highest BCUT2D eigenvalue weighted by Gasteiger charge is 2.61. The molecule has 102 valence electrons. The smallest absolute Gasteiger partial charge is 0.263 e. The Bertz CT molecular complexity index is 693. The average Bonchev–Trinajstić information content (AvgIpc) is 2.28. The number of carbonyl (C=O) groups is 1. The van der Waals surface area contributed by atoms with E-state index in [1.807, 2.05) is 0 Å². The lowest BCUT2D eigenvalue weighted by atomic mass is 10.1. The van der Waals surface area contributed by atoms with Gasteiger partial charge in [0.2, 0.25) is 0 Å². The third-order valence-corrected chi connectivity index (χ3v) is 5.81. The second kappa shape index (κ2) is 4.01. The number of aryl methyl sites for hydroxylation is 1. The number of carbonyl (C=O) groups excluding carboxylic acids is 1. The average molecular weight is 298 g/mol. The first-order chi connectivity index (χ1) is 8.62. The van der Waals surface area contributed by atoms with Crippen molar-refractivity contribution in [3.8, 4) is 0 Å². The largest absolute Gasteiger partial charge is 0.389 e. The van der Waals surface area contributed by atoms with Crippen molar-refractivity contribution in [2.75, 3.05) is 4.31 Å². The van der Waals surface area contributed by atoms with Crippen LogP contribution in [0.3, 0.4) is 0 Å². The molecule has 1 aromatic carbocycles. The van der Waals surface area contributed by atoms with E-state index in [-0.39, 0.29) is 10.7 Å². The molecule has 7 heteroatoms. The van der Waals surface area contributed by atoms with Crippen molar-refractivity contribution in [3.05, 3.63) is 29.3 Å². The van der Waals surface area contributed by atoms with Gasteiger partial charge in [0.25, 0.3) is 15.9 Å². The van der Waals surface area contributed by atoms with Crippen LogP contribution < -0.4 is 10.0 Å². The van der Waals surface area contributed by atoms with Crippen molar-refractivity contribution in [3.63, 3.8) is 0 Å². The van der Waals surface area contributed by atoms with Crippen LogP contribution in [0.1, 0.15) is 25.0 Å². The zero-order valence-corrected chi connectivity index (χ0v) is 12.4. The molecule has 5 nitrogen and oxygen atoms in total. The molecule has 0 aliphatic carbocycles. The molecule has 1 aliphatic heterocycles. The van der Waals surface area contributed by atoms with Crippen molar-refractivity contribution in [2.24, 2.45) is 5.73 Å². The van der Waals surface area contributed by atoms with Crippen molar-refractivity contribution in [1.29, 1.82) is 0 Å². The van der Waals surface area contributed by atoms with Gasteiger partial charge in [-0.05, 0) is 32.4 Å². The summed E-state index contributed by atoms with van der Waals surface area (Å²) < 4.78 is 23.8. The lowest BCUT2D eigenvalue weighted by molar-refractivity contribution is -0.120. The van der Waals surface area contributed by atoms with Gasteiger partial charge < -0.3 is 5.73 Å². The number of hydrogen-bond donors (Lipinski definition) is 1. The van der Waals surface area contributed by atoms with E-state index in [1.165, 1.54) is 19.9 Å². The van der Waals surface area contributed by atoms with Gasteiger partial charge >= 0.3 is 0 Å². The molecule has 0 aromatic heterocycles. The molecule has 0 radical (unpaired) electrons. The van der Waals surface area contributed by atoms with Crippen LogP contribution >= 0.6 is 12.2 Å². The fourth-order valence-corrected chi connectivity index (χ4v) is 3.79.